The van der Waals surface area contributed by atoms with E-state index in [9.17, 15) is 33.6 Å². The van der Waals surface area contributed by atoms with Gasteiger partial charge in [0.15, 0.2) is 0 Å². The number of aryl methyl sites for hydroxylation is 1. The quantitative estimate of drug-likeness (QED) is 0.202. The monoisotopic (exact) mass is 650 g/mol. The van der Waals surface area contributed by atoms with Crippen molar-refractivity contribution in [1.29, 1.82) is 0 Å². The van der Waals surface area contributed by atoms with Crippen LogP contribution in [0, 0.1) is 42.4 Å². The first kappa shape index (κ1) is 39.3. The standard InChI is InChI=1S/2C8H12O4.C8H10O4.C8H8O2/c3*9-7(10)5-1-2-6(4-3-5)8(11)12;1-6-2-4-7(5-3-6)8(9)10/h2*5-6H,1-4H2,(H,9,10)(H,11,12);1-2,5-6H,3-4H2,(H,9,10)(H,11,12);2-5H,1H3,(H,9,10). The first-order valence-corrected chi connectivity index (χ1v) is 14.9. The van der Waals surface area contributed by atoms with Gasteiger partial charge in [-0.15, -0.1) is 0 Å². The van der Waals surface area contributed by atoms with Gasteiger partial charge < -0.3 is 35.7 Å². The number of hydrogen-bond acceptors (Lipinski definition) is 7. The summed E-state index contributed by atoms with van der Waals surface area (Å²) in [4.78, 5) is 73.1. The van der Waals surface area contributed by atoms with Gasteiger partial charge in [-0.05, 0) is 83.3 Å². The Hall–Kier alpha value is -4.75. The minimum atomic E-state index is -0.880. The fraction of sp³-hybridized carbons (Fsp3) is 0.531. The SMILES string of the molecule is Cc1ccc(C(=O)O)cc1.O=C(O)C1C=CC(C(=O)O)CC1.O=C(O)C1CCC(C(=O)O)CC1.O=C(O)C1CCC(C(=O)O)CC1. The van der Waals surface area contributed by atoms with Gasteiger partial charge in [0.2, 0.25) is 0 Å². The summed E-state index contributed by atoms with van der Waals surface area (Å²) >= 11 is 0. The molecule has 0 radical (unpaired) electrons. The van der Waals surface area contributed by atoms with Crippen molar-refractivity contribution in [2.75, 3.05) is 0 Å². The molecule has 7 N–H and O–H groups in total. The zero-order valence-electron chi connectivity index (χ0n) is 25.5. The molecule has 14 heteroatoms. The number of carbonyl (C=O) groups is 7. The zero-order valence-corrected chi connectivity index (χ0v) is 25.5. The summed E-state index contributed by atoms with van der Waals surface area (Å²) in [6.07, 6.45) is 7.81. The van der Waals surface area contributed by atoms with E-state index in [0.717, 1.165) is 5.56 Å². The van der Waals surface area contributed by atoms with Gasteiger partial charge in [0.25, 0.3) is 0 Å². The molecular formula is C32H42O14. The summed E-state index contributed by atoms with van der Waals surface area (Å²) in [5, 5.41) is 60.1. The second-order valence-electron chi connectivity index (χ2n) is 11.5. The van der Waals surface area contributed by atoms with Crippen LogP contribution in [0.25, 0.3) is 0 Å². The van der Waals surface area contributed by atoms with Gasteiger partial charge in [0, 0.05) is 0 Å². The van der Waals surface area contributed by atoms with Crippen molar-refractivity contribution >= 4 is 41.8 Å². The second-order valence-corrected chi connectivity index (χ2v) is 11.5. The van der Waals surface area contributed by atoms with Crippen molar-refractivity contribution in [2.24, 2.45) is 35.5 Å². The van der Waals surface area contributed by atoms with E-state index in [1.165, 1.54) is 12.2 Å². The van der Waals surface area contributed by atoms with Crippen molar-refractivity contribution in [3.63, 3.8) is 0 Å². The number of carboxylic acids is 7. The number of benzene rings is 1. The van der Waals surface area contributed by atoms with Gasteiger partial charge in [-0.2, -0.15) is 0 Å². The summed E-state index contributed by atoms with van der Waals surface area (Å²) in [6.45, 7) is 1.92. The Balaban J connectivity index is 0.000000307. The van der Waals surface area contributed by atoms with Crippen molar-refractivity contribution in [3.8, 4) is 0 Å². The lowest BCUT2D eigenvalue weighted by Crippen LogP contribution is -2.25. The Kier molecular flexibility index (Phi) is 16.7. The van der Waals surface area contributed by atoms with Crippen LogP contribution >= 0.6 is 0 Å². The molecule has 2 saturated carbocycles. The molecule has 0 aromatic heterocycles. The molecular weight excluding hydrogens is 608 g/mol. The van der Waals surface area contributed by atoms with Crippen LogP contribution in [0.4, 0.5) is 0 Å². The number of carboxylic acid groups (broad SMARTS) is 7. The van der Waals surface area contributed by atoms with Crippen molar-refractivity contribution in [3.05, 3.63) is 47.5 Å². The lowest BCUT2D eigenvalue weighted by Gasteiger charge is -2.22. The lowest BCUT2D eigenvalue weighted by atomic mass is 9.82. The molecule has 254 valence electrons. The molecule has 2 fully saturated rings. The van der Waals surface area contributed by atoms with Crippen LogP contribution in [0.3, 0.4) is 0 Å². The minimum Gasteiger partial charge on any atom is -0.481 e. The number of rotatable bonds is 7. The van der Waals surface area contributed by atoms with E-state index < -0.39 is 53.6 Å². The predicted molar refractivity (Wildman–Crippen MR) is 160 cm³/mol. The van der Waals surface area contributed by atoms with Crippen molar-refractivity contribution in [2.45, 2.75) is 71.1 Å². The van der Waals surface area contributed by atoms with E-state index in [1.54, 1.807) is 24.3 Å². The van der Waals surface area contributed by atoms with Gasteiger partial charge >= 0.3 is 41.8 Å². The largest absolute Gasteiger partial charge is 0.481 e. The van der Waals surface area contributed by atoms with Crippen LogP contribution in [0.15, 0.2) is 36.4 Å². The first-order valence-electron chi connectivity index (χ1n) is 14.9. The van der Waals surface area contributed by atoms with Crippen molar-refractivity contribution < 1.29 is 69.3 Å². The van der Waals surface area contributed by atoms with Crippen LogP contribution in [0.1, 0.15) is 80.1 Å². The molecule has 0 bridgehead atoms. The molecule has 1 aromatic rings. The third-order valence-corrected chi connectivity index (χ3v) is 8.15. The fourth-order valence-corrected chi connectivity index (χ4v) is 5.10. The molecule has 0 heterocycles. The Labute approximate surface area is 265 Å². The number of aromatic carboxylic acids is 1. The van der Waals surface area contributed by atoms with Crippen LogP contribution in [0.2, 0.25) is 0 Å². The van der Waals surface area contributed by atoms with E-state index in [1.807, 2.05) is 6.92 Å². The summed E-state index contributed by atoms with van der Waals surface area (Å²) in [7, 11) is 0. The topological polar surface area (TPSA) is 261 Å². The maximum Gasteiger partial charge on any atom is 0.335 e. The molecule has 46 heavy (non-hydrogen) atoms. The summed E-state index contributed by atoms with van der Waals surface area (Å²) in [6, 6.07) is 6.75. The third-order valence-electron chi connectivity index (χ3n) is 8.15. The summed E-state index contributed by atoms with van der Waals surface area (Å²) in [5.41, 5.74) is 1.41. The lowest BCUT2D eigenvalue weighted by molar-refractivity contribution is -0.148. The minimum absolute atomic E-state index is 0.319. The Bertz CT molecular complexity index is 1120. The van der Waals surface area contributed by atoms with Crippen LogP contribution in [-0.2, 0) is 28.8 Å². The van der Waals surface area contributed by atoms with Crippen molar-refractivity contribution in [1.82, 2.24) is 0 Å². The molecule has 4 rings (SSSR count). The molecule has 0 amide bonds. The molecule has 0 spiro atoms. The van der Waals surface area contributed by atoms with Crippen LogP contribution in [-0.4, -0.2) is 77.5 Å². The van der Waals surface area contributed by atoms with Gasteiger partial charge in [-0.3, -0.25) is 28.8 Å². The van der Waals surface area contributed by atoms with Crippen LogP contribution in [0.5, 0.6) is 0 Å². The van der Waals surface area contributed by atoms with Gasteiger partial charge in [-0.25, -0.2) is 4.79 Å². The van der Waals surface area contributed by atoms with E-state index in [4.69, 9.17) is 35.7 Å². The molecule has 0 aliphatic heterocycles. The average molecular weight is 651 g/mol. The summed E-state index contributed by atoms with van der Waals surface area (Å²) < 4.78 is 0. The molecule has 3 aliphatic carbocycles. The normalized spacial score (nSPS) is 24.9. The number of hydrogen-bond donors (Lipinski definition) is 7. The van der Waals surface area contributed by atoms with Crippen LogP contribution < -0.4 is 0 Å². The first-order chi connectivity index (χ1) is 21.5. The molecule has 14 nitrogen and oxygen atoms in total. The highest BCUT2D eigenvalue weighted by Crippen LogP contribution is 2.29. The molecule has 2 unspecified atom stereocenters. The fourth-order valence-electron chi connectivity index (χ4n) is 5.10. The van der Waals surface area contributed by atoms with E-state index in [2.05, 4.69) is 0 Å². The van der Waals surface area contributed by atoms with E-state index >= 15 is 0 Å². The van der Waals surface area contributed by atoms with Gasteiger partial charge in [-0.1, -0.05) is 29.8 Å². The molecule has 1 aromatic carbocycles. The summed E-state index contributed by atoms with van der Waals surface area (Å²) in [5.74, 6) is -8.08. The molecule has 0 saturated heterocycles. The highest BCUT2D eigenvalue weighted by Gasteiger charge is 2.30. The third kappa shape index (κ3) is 14.4. The highest BCUT2D eigenvalue weighted by molar-refractivity contribution is 5.87. The Morgan fingerprint density at radius 3 is 0.870 bits per heavy atom. The van der Waals surface area contributed by atoms with E-state index in [0.29, 0.717) is 69.8 Å². The Morgan fingerprint density at radius 1 is 0.435 bits per heavy atom. The predicted octanol–water partition coefficient (Wildman–Crippen LogP) is 4.36. The smallest absolute Gasteiger partial charge is 0.335 e. The van der Waals surface area contributed by atoms with E-state index in [-0.39, 0.29) is 23.7 Å². The maximum absolute atomic E-state index is 10.5. The molecule has 2 atom stereocenters. The molecule has 3 aliphatic rings. The van der Waals surface area contributed by atoms with Gasteiger partial charge in [0.05, 0.1) is 41.1 Å². The average Bonchev–Trinajstić information content (AvgIpc) is 3.02. The maximum atomic E-state index is 10.5. The Morgan fingerprint density at radius 2 is 0.696 bits per heavy atom. The zero-order chi connectivity index (χ0) is 35.0. The second kappa shape index (κ2) is 19.6. The highest BCUT2D eigenvalue weighted by atomic mass is 16.4. The number of aliphatic carboxylic acids is 6. The van der Waals surface area contributed by atoms with Gasteiger partial charge in [0.1, 0.15) is 0 Å².